The van der Waals surface area contributed by atoms with Crippen molar-refractivity contribution in [1.82, 2.24) is 0 Å². The monoisotopic (exact) mass is 659 g/mol. The van der Waals surface area contributed by atoms with E-state index in [2.05, 4.69) is 34.7 Å². The van der Waals surface area contributed by atoms with E-state index in [1.54, 1.807) is 0 Å². The molecule has 4 aromatic carbocycles. The Morgan fingerprint density at radius 3 is 1.87 bits per heavy atom. The highest BCUT2D eigenvalue weighted by atomic mass is 127. The Balaban J connectivity index is 2.41. The van der Waals surface area contributed by atoms with E-state index >= 15 is 0 Å². The van der Waals surface area contributed by atoms with Gasteiger partial charge in [-0.25, -0.2) is 8.42 Å². The lowest BCUT2D eigenvalue weighted by atomic mass is 9.94. The summed E-state index contributed by atoms with van der Waals surface area (Å²) >= 11 is 6.25. The minimum atomic E-state index is -4.53. The van der Waals surface area contributed by atoms with Gasteiger partial charge in [0.05, 0.1) is 4.90 Å². The van der Waals surface area contributed by atoms with Crippen LogP contribution < -0.4 is 0 Å². The fourth-order valence-corrected chi connectivity index (χ4v) is 7.90. The van der Waals surface area contributed by atoms with E-state index in [0.717, 1.165) is 35.9 Å². The maximum atomic E-state index is 11.7. The third kappa shape index (κ3) is 2.37. The van der Waals surface area contributed by atoms with Gasteiger partial charge < -0.3 is 4.55 Å². The lowest BCUT2D eigenvalue weighted by molar-refractivity contribution is 0.462. The van der Waals surface area contributed by atoms with Gasteiger partial charge in [0.15, 0.2) is 0 Å². The molecule has 0 unspecified atom stereocenters. The van der Waals surface area contributed by atoms with Crippen molar-refractivity contribution in [2.45, 2.75) is 4.90 Å². The molecule has 0 amide bonds. The predicted molar refractivity (Wildman–Crippen MR) is 116 cm³/mol. The Bertz CT molecular complexity index is 1190. The molecule has 0 aromatic heterocycles. The van der Waals surface area contributed by atoms with Crippen molar-refractivity contribution in [2.75, 3.05) is 0 Å². The smallest absolute Gasteiger partial charge is 0.126 e. The van der Waals surface area contributed by atoms with Crippen molar-refractivity contribution in [1.29, 1.82) is 0 Å². The molecule has 0 aliphatic rings. The normalized spacial score (nSPS) is 12.7. The second-order valence-electron chi connectivity index (χ2n) is 5.21. The van der Waals surface area contributed by atoms with E-state index < -0.39 is 10.1 Å². The summed E-state index contributed by atoms with van der Waals surface area (Å²) in [7, 11) is -4.53. The Morgan fingerprint density at radius 2 is 1.26 bits per heavy atom. The van der Waals surface area contributed by atoms with Crippen LogP contribution >= 0.6 is 67.8 Å². The molecular formula is C16H6I3O3S-. The highest BCUT2D eigenvalue weighted by Crippen LogP contribution is 2.42. The molecule has 0 radical (unpaired) electrons. The molecule has 3 nitrogen and oxygen atoms in total. The van der Waals surface area contributed by atoms with Crippen molar-refractivity contribution in [3.63, 3.8) is 0 Å². The van der Waals surface area contributed by atoms with Crippen LogP contribution in [0.25, 0.3) is 32.3 Å². The van der Waals surface area contributed by atoms with Crippen molar-refractivity contribution >= 4 is 110 Å². The van der Waals surface area contributed by atoms with Gasteiger partial charge in [-0.2, -0.15) is 0 Å². The standard InChI is InChI=1S/C16H7I3O3S/c17-11-6-2-7-1-3-9-13-10(5-4-8(11)12(7)13)15(19)16(14(9)18)23(20,21)22/h1-6H,(H,20,21,22)/p-1. The molecule has 0 aliphatic heterocycles. The molecule has 0 N–H and O–H groups in total. The highest BCUT2D eigenvalue weighted by molar-refractivity contribution is 14.1. The van der Waals surface area contributed by atoms with Gasteiger partial charge in [-0.1, -0.05) is 30.3 Å². The average Bonchev–Trinajstić information content (AvgIpc) is 2.48. The van der Waals surface area contributed by atoms with E-state index in [0.29, 0.717) is 7.14 Å². The Kier molecular flexibility index (Phi) is 3.95. The lowest BCUT2D eigenvalue weighted by Gasteiger charge is -2.19. The second kappa shape index (κ2) is 5.51. The summed E-state index contributed by atoms with van der Waals surface area (Å²) < 4.78 is 37.3. The molecule has 0 atom stereocenters. The molecule has 7 heteroatoms. The summed E-state index contributed by atoms with van der Waals surface area (Å²) in [6.07, 6.45) is 0. The highest BCUT2D eigenvalue weighted by Gasteiger charge is 2.21. The van der Waals surface area contributed by atoms with Crippen molar-refractivity contribution < 1.29 is 13.0 Å². The number of hydrogen-bond donors (Lipinski definition) is 0. The zero-order chi connectivity index (χ0) is 16.5. The van der Waals surface area contributed by atoms with Crippen molar-refractivity contribution in [2.24, 2.45) is 0 Å². The van der Waals surface area contributed by atoms with Gasteiger partial charge in [-0.15, -0.1) is 0 Å². The number of rotatable bonds is 1. The number of halogens is 3. The van der Waals surface area contributed by atoms with E-state index in [9.17, 15) is 13.0 Å². The van der Waals surface area contributed by atoms with Gasteiger partial charge in [0.2, 0.25) is 0 Å². The maximum Gasteiger partial charge on any atom is 0.126 e. The zero-order valence-electron chi connectivity index (χ0n) is 11.2. The van der Waals surface area contributed by atoms with Crippen LogP contribution in [0.5, 0.6) is 0 Å². The lowest BCUT2D eigenvalue weighted by Crippen LogP contribution is -2.06. The predicted octanol–water partition coefficient (Wildman–Crippen LogP) is 5.30. The topological polar surface area (TPSA) is 57.2 Å². The van der Waals surface area contributed by atoms with Crippen molar-refractivity contribution in [3.05, 3.63) is 47.1 Å². The molecule has 23 heavy (non-hydrogen) atoms. The summed E-state index contributed by atoms with van der Waals surface area (Å²) in [5, 5.41) is 6.04. The van der Waals surface area contributed by atoms with E-state index in [4.69, 9.17) is 0 Å². The molecular weight excluding hydrogens is 653 g/mol. The third-order valence-corrected chi connectivity index (χ3v) is 8.80. The Morgan fingerprint density at radius 1 is 0.739 bits per heavy atom. The summed E-state index contributed by atoms with van der Waals surface area (Å²) in [5.74, 6) is 0. The summed E-state index contributed by atoms with van der Waals surface area (Å²) in [5.41, 5.74) is 0. The van der Waals surface area contributed by atoms with Crippen LogP contribution in [0.2, 0.25) is 0 Å². The number of hydrogen-bond acceptors (Lipinski definition) is 3. The first kappa shape index (κ1) is 16.5. The third-order valence-electron chi connectivity index (χ3n) is 3.98. The summed E-state index contributed by atoms with van der Waals surface area (Å²) in [4.78, 5) is -0.112. The van der Waals surface area contributed by atoms with E-state index in [1.165, 1.54) is 0 Å². The molecule has 4 rings (SSSR count). The molecule has 0 heterocycles. The van der Waals surface area contributed by atoms with Crippen LogP contribution in [-0.2, 0) is 10.1 Å². The van der Waals surface area contributed by atoms with Gasteiger partial charge >= 0.3 is 0 Å². The average molecular weight is 659 g/mol. The molecule has 4 aromatic rings. The van der Waals surface area contributed by atoms with Crippen LogP contribution in [0.4, 0.5) is 0 Å². The van der Waals surface area contributed by atoms with Gasteiger partial charge in [-0.05, 0) is 106 Å². The SMILES string of the molecule is O=S(=O)([O-])c1c(I)c2ccc3ccc(I)c4ccc(c1I)c2c34. The molecule has 0 aliphatic carbocycles. The van der Waals surface area contributed by atoms with Gasteiger partial charge in [0.25, 0.3) is 0 Å². The van der Waals surface area contributed by atoms with Gasteiger partial charge in [-0.3, -0.25) is 0 Å². The van der Waals surface area contributed by atoms with Crippen molar-refractivity contribution in [3.8, 4) is 0 Å². The van der Waals surface area contributed by atoms with E-state index in [-0.39, 0.29) is 4.90 Å². The molecule has 0 saturated carbocycles. The minimum Gasteiger partial charge on any atom is -0.744 e. The van der Waals surface area contributed by atoms with Crippen LogP contribution in [0.15, 0.2) is 41.3 Å². The van der Waals surface area contributed by atoms with Gasteiger partial charge in [0, 0.05) is 10.7 Å². The second-order valence-corrected chi connectivity index (χ2v) is 9.84. The Labute approximate surface area is 173 Å². The summed E-state index contributed by atoms with van der Waals surface area (Å²) in [6, 6.07) is 12.0. The van der Waals surface area contributed by atoms with Crippen LogP contribution in [0, 0.1) is 10.7 Å². The quantitative estimate of drug-likeness (QED) is 0.159. The van der Waals surface area contributed by atoms with E-state index in [1.807, 2.05) is 69.4 Å². The summed E-state index contributed by atoms with van der Waals surface area (Å²) in [6.45, 7) is 0. The fourth-order valence-electron chi connectivity index (χ4n) is 3.04. The van der Waals surface area contributed by atoms with Crippen LogP contribution in [0.1, 0.15) is 0 Å². The molecule has 0 fully saturated rings. The Hall–Kier alpha value is 0.0200. The largest absolute Gasteiger partial charge is 0.744 e. The van der Waals surface area contributed by atoms with Crippen LogP contribution in [0.3, 0.4) is 0 Å². The first-order valence-electron chi connectivity index (χ1n) is 6.50. The first-order valence-corrected chi connectivity index (χ1v) is 11.1. The molecule has 0 spiro atoms. The van der Waals surface area contributed by atoms with Gasteiger partial charge in [0.1, 0.15) is 10.1 Å². The molecule has 0 saturated heterocycles. The zero-order valence-corrected chi connectivity index (χ0v) is 18.5. The molecule has 116 valence electrons. The molecule has 0 bridgehead atoms. The minimum absolute atomic E-state index is 0.112. The fraction of sp³-hybridized carbons (Fsp3) is 0. The number of benzene rings is 4. The maximum absolute atomic E-state index is 11.7. The van der Waals surface area contributed by atoms with Crippen LogP contribution in [-0.4, -0.2) is 13.0 Å². The first-order chi connectivity index (χ1) is 10.8.